The Labute approximate surface area is 126 Å². The van der Waals surface area contributed by atoms with Crippen LogP contribution in [0, 0.1) is 0 Å². The van der Waals surface area contributed by atoms with E-state index in [1.54, 1.807) is 6.20 Å². The molecule has 2 aromatic rings. The summed E-state index contributed by atoms with van der Waals surface area (Å²) in [4.78, 5) is 13.2. The molecule has 1 atom stereocenters. The lowest BCUT2D eigenvalue weighted by atomic mass is 10.1. The minimum Gasteiger partial charge on any atom is -0.370 e. The molecule has 0 amide bonds. The summed E-state index contributed by atoms with van der Waals surface area (Å²) in [5, 5.41) is 6.74. The van der Waals surface area contributed by atoms with Gasteiger partial charge in [0.15, 0.2) is 0 Å². The lowest BCUT2D eigenvalue weighted by molar-refractivity contribution is 0.849. The van der Waals surface area contributed by atoms with E-state index in [2.05, 4.69) is 52.4 Å². The van der Waals surface area contributed by atoms with Gasteiger partial charge < -0.3 is 10.6 Å². The molecule has 0 aliphatic rings. The number of nitrogens with zero attached hydrogens (tertiary/aromatic N) is 3. The summed E-state index contributed by atoms with van der Waals surface area (Å²) in [6.07, 6.45) is 5.54. The van der Waals surface area contributed by atoms with Crippen molar-refractivity contribution in [1.82, 2.24) is 15.0 Å². The van der Waals surface area contributed by atoms with Crippen LogP contribution in [0.25, 0.3) is 0 Å². The van der Waals surface area contributed by atoms with Crippen LogP contribution in [0.2, 0.25) is 0 Å². The van der Waals surface area contributed by atoms with Crippen molar-refractivity contribution in [2.24, 2.45) is 0 Å². The van der Waals surface area contributed by atoms with Crippen molar-refractivity contribution in [2.45, 2.75) is 39.7 Å². The summed E-state index contributed by atoms with van der Waals surface area (Å²) in [6.45, 7) is 7.22. The largest absolute Gasteiger partial charge is 0.370 e. The molecule has 0 aromatic carbocycles. The average Bonchev–Trinajstić information content (AvgIpc) is 2.53. The number of nitrogens with one attached hydrogen (secondary N) is 2. The number of hydrogen-bond acceptors (Lipinski definition) is 5. The van der Waals surface area contributed by atoms with Gasteiger partial charge in [-0.1, -0.05) is 19.9 Å². The lowest BCUT2D eigenvalue weighted by Gasteiger charge is -2.16. The SMILES string of the molecule is CCCNc1cc(NC(C)c2cccnc2)nc(CC)n1. The van der Waals surface area contributed by atoms with Gasteiger partial charge in [0.2, 0.25) is 0 Å². The van der Waals surface area contributed by atoms with Crippen LogP contribution < -0.4 is 10.6 Å². The van der Waals surface area contributed by atoms with Crippen molar-refractivity contribution in [2.75, 3.05) is 17.2 Å². The molecule has 2 N–H and O–H groups in total. The number of aryl methyl sites for hydroxylation is 1. The van der Waals surface area contributed by atoms with Crippen molar-refractivity contribution in [3.63, 3.8) is 0 Å². The maximum atomic E-state index is 4.54. The summed E-state index contributed by atoms with van der Waals surface area (Å²) < 4.78 is 0. The van der Waals surface area contributed by atoms with Crippen LogP contribution in [-0.4, -0.2) is 21.5 Å². The van der Waals surface area contributed by atoms with Crippen LogP contribution >= 0.6 is 0 Å². The van der Waals surface area contributed by atoms with Crippen LogP contribution in [0.1, 0.15) is 44.6 Å². The molecule has 1 unspecified atom stereocenters. The van der Waals surface area contributed by atoms with Gasteiger partial charge in [0.05, 0.1) is 6.04 Å². The van der Waals surface area contributed by atoms with Crippen molar-refractivity contribution in [1.29, 1.82) is 0 Å². The molecular formula is C16H23N5. The minimum atomic E-state index is 0.150. The number of rotatable bonds is 7. The van der Waals surface area contributed by atoms with E-state index >= 15 is 0 Å². The van der Waals surface area contributed by atoms with Gasteiger partial charge in [0.25, 0.3) is 0 Å². The number of aromatic nitrogens is 3. The Balaban J connectivity index is 2.14. The molecule has 112 valence electrons. The first-order valence-corrected chi connectivity index (χ1v) is 7.51. The monoisotopic (exact) mass is 285 g/mol. The van der Waals surface area contributed by atoms with Crippen LogP contribution in [0.3, 0.4) is 0 Å². The topological polar surface area (TPSA) is 62.7 Å². The van der Waals surface area contributed by atoms with Crippen molar-refractivity contribution in [3.05, 3.63) is 42.0 Å². The number of hydrogen-bond donors (Lipinski definition) is 2. The smallest absolute Gasteiger partial charge is 0.132 e. The van der Waals surface area contributed by atoms with Crippen molar-refractivity contribution < 1.29 is 0 Å². The summed E-state index contributed by atoms with van der Waals surface area (Å²) >= 11 is 0. The van der Waals surface area contributed by atoms with Crippen molar-refractivity contribution >= 4 is 11.6 Å². The van der Waals surface area contributed by atoms with Crippen LogP contribution in [-0.2, 0) is 6.42 Å². The maximum absolute atomic E-state index is 4.54. The molecule has 5 heteroatoms. The highest BCUT2D eigenvalue weighted by atomic mass is 15.1. The van der Waals surface area contributed by atoms with Crippen molar-refractivity contribution in [3.8, 4) is 0 Å². The molecule has 0 spiro atoms. The molecule has 0 bridgehead atoms. The highest BCUT2D eigenvalue weighted by Gasteiger charge is 2.08. The molecule has 5 nitrogen and oxygen atoms in total. The second-order valence-corrected chi connectivity index (χ2v) is 4.99. The Morgan fingerprint density at radius 3 is 2.67 bits per heavy atom. The fourth-order valence-corrected chi connectivity index (χ4v) is 2.01. The third kappa shape index (κ3) is 4.41. The highest BCUT2D eigenvalue weighted by Crippen LogP contribution is 2.19. The Morgan fingerprint density at radius 1 is 1.19 bits per heavy atom. The van der Waals surface area contributed by atoms with Gasteiger partial charge in [-0.2, -0.15) is 0 Å². The number of anilines is 2. The molecule has 21 heavy (non-hydrogen) atoms. The summed E-state index contributed by atoms with van der Waals surface area (Å²) in [5.74, 6) is 2.57. The van der Waals surface area contributed by atoms with Crippen LogP contribution in [0.5, 0.6) is 0 Å². The third-order valence-corrected chi connectivity index (χ3v) is 3.19. The molecular weight excluding hydrogens is 262 g/mol. The lowest BCUT2D eigenvalue weighted by Crippen LogP contribution is -2.11. The molecule has 0 radical (unpaired) electrons. The molecule has 0 saturated carbocycles. The van der Waals surface area contributed by atoms with Crippen LogP contribution in [0.15, 0.2) is 30.6 Å². The maximum Gasteiger partial charge on any atom is 0.132 e. The third-order valence-electron chi connectivity index (χ3n) is 3.19. The molecule has 2 aromatic heterocycles. The summed E-state index contributed by atoms with van der Waals surface area (Å²) in [5.41, 5.74) is 1.14. The fraction of sp³-hybridized carbons (Fsp3) is 0.438. The Hall–Kier alpha value is -2.17. The van der Waals surface area contributed by atoms with Gasteiger partial charge in [-0.15, -0.1) is 0 Å². The molecule has 0 aliphatic carbocycles. The van der Waals surface area contributed by atoms with E-state index in [1.165, 1.54) is 0 Å². The Kier molecular flexibility index (Phi) is 5.49. The quantitative estimate of drug-likeness (QED) is 0.816. The van der Waals surface area contributed by atoms with E-state index in [9.17, 15) is 0 Å². The first-order valence-electron chi connectivity index (χ1n) is 7.51. The first-order chi connectivity index (χ1) is 10.2. The second-order valence-electron chi connectivity index (χ2n) is 4.99. The van der Waals surface area contributed by atoms with Gasteiger partial charge in [0.1, 0.15) is 17.5 Å². The number of pyridine rings is 1. The van der Waals surface area contributed by atoms with E-state index in [0.717, 1.165) is 42.4 Å². The standard InChI is InChI=1S/C16H23N5/c1-4-8-18-15-10-16(21-14(5-2)20-15)19-12(3)13-7-6-9-17-11-13/h6-7,9-12H,4-5,8H2,1-3H3,(H2,18,19,20,21). The Morgan fingerprint density at radius 2 is 2.00 bits per heavy atom. The molecule has 0 fully saturated rings. The van der Waals surface area contributed by atoms with Crippen LogP contribution in [0.4, 0.5) is 11.6 Å². The zero-order chi connectivity index (χ0) is 15.1. The molecule has 2 heterocycles. The zero-order valence-electron chi connectivity index (χ0n) is 12.9. The van der Waals surface area contributed by atoms with E-state index in [1.807, 2.05) is 18.3 Å². The normalized spacial score (nSPS) is 12.0. The van der Waals surface area contributed by atoms with Gasteiger partial charge in [0, 0.05) is 31.4 Å². The fourth-order valence-electron chi connectivity index (χ4n) is 2.01. The van der Waals surface area contributed by atoms with Gasteiger partial charge >= 0.3 is 0 Å². The molecule has 0 aliphatic heterocycles. The van der Waals surface area contributed by atoms with Gasteiger partial charge in [-0.3, -0.25) is 4.98 Å². The van der Waals surface area contributed by atoms with E-state index in [4.69, 9.17) is 0 Å². The second kappa shape index (κ2) is 7.57. The van der Waals surface area contributed by atoms with E-state index in [-0.39, 0.29) is 6.04 Å². The average molecular weight is 285 g/mol. The predicted octanol–water partition coefficient (Wildman–Crippen LogP) is 3.43. The molecule has 2 rings (SSSR count). The summed E-state index contributed by atoms with van der Waals surface area (Å²) in [7, 11) is 0. The van der Waals surface area contributed by atoms with E-state index in [0.29, 0.717) is 0 Å². The minimum absolute atomic E-state index is 0.150. The zero-order valence-corrected chi connectivity index (χ0v) is 12.9. The molecule has 0 saturated heterocycles. The van der Waals surface area contributed by atoms with Gasteiger partial charge in [-0.25, -0.2) is 9.97 Å². The predicted molar refractivity (Wildman–Crippen MR) is 86.5 cm³/mol. The van der Waals surface area contributed by atoms with E-state index < -0.39 is 0 Å². The first kappa shape index (κ1) is 15.2. The Bertz CT molecular complexity index is 556. The van der Waals surface area contributed by atoms with Gasteiger partial charge in [-0.05, 0) is 25.0 Å². The highest BCUT2D eigenvalue weighted by molar-refractivity contribution is 5.48. The summed E-state index contributed by atoms with van der Waals surface area (Å²) in [6, 6.07) is 6.11.